The molecular formula is C7H15NO2. The predicted octanol–water partition coefficient (Wildman–Crippen LogP) is 0.900. The summed E-state index contributed by atoms with van der Waals surface area (Å²) in [7, 11) is 0. The molecule has 0 fully saturated rings. The fraction of sp³-hybridized carbons (Fsp3) is 0.714. The molecule has 0 atom stereocenters. The summed E-state index contributed by atoms with van der Waals surface area (Å²) >= 11 is 0. The molecule has 10 heavy (non-hydrogen) atoms. The molecule has 0 amide bonds. The van der Waals surface area contributed by atoms with Crippen LogP contribution in [0.1, 0.15) is 6.92 Å². The molecule has 0 rings (SSSR count). The molecule has 60 valence electrons. The highest BCUT2D eigenvalue weighted by molar-refractivity contribution is 4.68. The van der Waals surface area contributed by atoms with Crippen LogP contribution in [0.2, 0.25) is 0 Å². The standard InChI is InChI=1S/C7H15NO2/c1-3-5-8(9)6-7-10-4-2/h3,9H,1,4-7H2,2H3. The second-order valence-electron chi connectivity index (χ2n) is 1.90. The third kappa shape index (κ3) is 5.75. The molecule has 0 aromatic carbocycles. The van der Waals surface area contributed by atoms with Gasteiger partial charge in [0.1, 0.15) is 0 Å². The van der Waals surface area contributed by atoms with E-state index < -0.39 is 0 Å². The van der Waals surface area contributed by atoms with E-state index in [9.17, 15) is 0 Å². The van der Waals surface area contributed by atoms with Crippen LogP contribution in [0, 0.1) is 0 Å². The molecule has 0 aliphatic carbocycles. The lowest BCUT2D eigenvalue weighted by molar-refractivity contribution is -0.0936. The van der Waals surface area contributed by atoms with Gasteiger partial charge >= 0.3 is 0 Å². The lowest BCUT2D eigenvalue weighted by atomic mass is 10.5. The highest BCUT2D eigenvalue weighted by Crippen LogP contribution is 1.82. The first-order valence-electron chi connectivity index (χ1n) is 3.43. The van der Waals surface area contributed by atoms with E-state index in [4.69, 9.17) is 9.94 Å². The largest absolute Gasteiger partial charge is 0.380 e. The topological polar surface area (TPSA) is 32.7 Å². The van der Waals surface area contributed by atoms with E-state index in [1.807, 2.05) is 6.92 Å². The molecule has 0 saturated carbocycles. The monoisotopic (exact) mass is 145 g/mol. The molecule has 3 nitrogen and oxygen atoms in total. The molecule has 0 aromatic heterocycles. The zero-order valence-electron chi connectivity index (χ0n) is 6.42. The summed E-state index contributed by atoms with van der Waals surface area (Å²) in [4.78, 5) is 0. The Morgan fingerprint density at radius 3 is 2.90 bits per heavy atom. The summed E-state index contributed by atoms with van der Waals surface area (Å²) in [6, 6.07) is 0. The summed E-state index contributed by atoms with van der Waals surface area (Å²) in [5.41, 5.74) is 0. The van der Waals surface area contributed by atoms with Crippen molar-refractivity contribution in [2.45, 2.75) is 6.92 Å². The lowest BCUT2D eigenvalue weighted by Crippen LogP contribution is -2.23. The van der Waals surface area contributed by atoms with Gasteiger partial charge in [0.05, 0.1) is 6.61 Å². The second-order valence-corrected chi connectivity index (χ2v) is 1.90. The second kappa shape index (κ2) is 6.74. The van der Waals surface area contributed by atoms with Gasteiger partial charge in [-0.15, -0.1) is 6.58 Å². The van der Waals surface area contributed by atoms with Crippen LogP contribution >= 0.6 is 0 Å². The average molecular weight is 145 g/mol. The van der Waals surface area contributed by atoms with Crippen LogP contribution in [-0.2, 0) is 4.74 Å². The van der Waals surface area contributed by atoms with Crippen LogP contribution in [0.15, 0.2) is 12.7 Å². The minimum absolute atomic E-state index is 0.493. The molecule has 0 heterocycles. The number of nitrogens with zero attached hydrogens (tertiary/aromatic N) is 1. The highest BCUT2D eigenvalue weighted by atomic mass is 16.5. The van der Waals surface area contributed by atoms with Crippen LogP contribution in [0.3, 0.4) is 0 Å². The summed E-state index contributed by atoms with van der Waals surface area (Å²) in [6.07, 6.45) is 1.64. The van der Waals surface area contributed by atoms with Crippen LogP contribution in [0.4, 0.5) is 0 Å². The quantitative estimate of drug-likeness (QED) is 0.342. The SMILES string of the molecule is C=CCN(O)CCOCC. The molecule has 3 heteroatoms. The molecule has 0 aliphatic rings. The van der Waals surface area contributed by atoms with E-state index in [1.165, 1.54) is 5.06 Å². The van der Waals surface area contributed by atoms with Crippen molar-refractivity contribution in [2.75, 3.05) is 26.3 Å². The smallest absolute Gasteiger partial charge is 0.0616 e. The van der Waals surface area contributed by atoms with E-state index >= 15 is 0 Å². The van der Waals surface area contributed by atoms with Gasteiger partial charge in [-0.25, -0.2) is 0 Å². The predicted molar refractivity (Wildman–Crippen MR) is 40.0 cm³/mol. The lowest BCUT2D eigenvalue weighted by Gasteiger charge is -2.10. The molecule has 0 unspecified atom stereocenters. The molecule has 1 N–H and O–H groups in total. The first kappa shape index (κ1) is 9.62. The Hall–Kier alpha value is -0.380. The molecule has 0 radical (unpaired) electrons. The fourth-order valence-electron chi connectivity index (χ4n) is 0.555. The van der Waals surface area contributed by atoms with Gasteiger partial charge in [0, 0.05) is 19.7 Å². The van der Waals surface area contributed by atoms with Crippen molar-refractivity contribution in [3.8, 4) is 0 Å². The fourth-order valence-corrected chi connectivity index (χ4v) is 0.555. The third-order valence-corrected chi connectivity index (χ3v) is 1.04. The van der Waals surface area contributed by atoms with E-state index in [-0.39, 0.29) is 0 Å². The number of hydrogen-bond acceptors (Lipinski definition) is 3. The van der Waals surface area contributed by atoms with Crippen molar-refractivity contribution in [3.05, 3.63) is 12.7 Å². The molecule has 0 saturated heterocycles. The number of rotatable bonds is 6. The Labute approximate surface area is 61.9 Å². The molecule has 0 spiro atoms. The Morgan fingerprint density at radius 1 is 1.70 bits per heavy atom. The molecule has 0 aliphatic heterocycles. The van der Waals surface area contributed by atoms with Gasteiger partial charge < -0.3 is 9.94 Å². The zero-order chi connectivity index (χ0) is 7.82. The molecule has 0 bridgehead atoms. The van der Waals surface area contributed by atoms with Gasteiger partial charge in [0.2, 0.25) is 0 Å². The minimum atomic E-state index is 0.493. The van der Waals surface area contributed by atoms with Crippen LogP contribution in [-0.4, -0.2) is 36.6 Å². The Kier molecular flexibility index (Phi) is 6.48. The van der Waals surface area contributed by atoms with Gasteiger partial charge in [-0.05, 0) is 6.92 Å². The minimum Gasteiger partial charge on any atom is -0.380 e. The summed E-state index contributed by atoms with van der Waals surface area (Å²) in [6.45, 7) is 7.71. The van der Waals surface area contributed by atoms with Gasteiger partial charge in [0.25, 0.3) is 0 Å². The third-order valence-electron chi connectivity index (χ3n) is 1.04. The number of ether oxygens (including phenoxy) is 1. The Balaban J connectivity index is 3.04. The van der Waals surface area contributed by atoms with Crippen molar-refractivity contribution in [3.63, 3.8) is 0 Å². The van der Waals surface area contributed by atoms with Crippen molar-refractivity contribution < 1.29 is 9.94 Å². The first-order valence-corrected chi connectivity index (χ1v) is 3.43. The maximum atomic E-state index is 8.96. The van der Waals surface area contributed by atoms with Gasteiger partial charge in [-0.2, -0.15) is 5.06 Å². The van der Waals surface area contributed by atoms with Gasteiger partial charge in [-0.1, -0.05) is 6.08 Å². The van der Waals surface area contributed by atoms with Crippen LogP contribution < -0.4 is 0 Å². The summed E-state index contributed by atoms with van der Waals surface area (Å²) < 4.78 is 5.01. The maximum absolute atomic E-state index is 8.96. The summed E-state index contributed by atoms with van der Waals surface area (Å²) in [5, 5.41) is 10.1. The molecular weight excluding hydrogens is 130 g/mol. The normalized spacial score (nSPS) is 10.3. The van der Waals surface area contributed by atoms with E-state index in [1.54, 1.807) is 6.08 Å². The summed E-state index contributed by atoms with van der Waals surface area (Å²) in [5.74, 6) is 0. The molecule has 0 aromatic rings. The van der Waals surface area contributed by atoms with Crippen LogP contribution in [0.25, 0.3) is 0 Å². The number of hydrogen-bond donors (Lipinski definition) is 1. The Bertz CT molecular complexity index is 85.7. The van der Waals surface area contributed by atoms with Crippen LogP contribution in [0.5, 0.6) is 0 Å². The van der Waals surface area contributed by atoms with E-state index in [2.05, 4.69) is 6.58 Å². The van der Waals surface area contributed by atoms with Crippen molar-refractivity contribution in [1.29, 1.82) is 0 Å². The van der Waals surface area contributed by atoms with Gasteiger partial charge in [-0.3, -0.25) is 0 Å². The number of hydroxylamine groups is 2. The average Bonchev–Trinajstić information content (AvgIpc) is 1.89. The van der Waals surface area contributed by atoms with Crippen molar-refractivity contribution >= 4 is 0 Å². The van der Waals surface area contributed by atoms with Crippen molar-refractivity contribution in [2.24, 2.45) is 0 Å². The van der Waals surface area contributed by atoms with E-state index in [0.29, 0.717) is 26.3 Å². The highest BCUT2D eigenvalue weighted by Gasteiger charge is 1.94. The zero-order valence-corrected chi connectivity index (χ0v) is 6.42. The van der Waals surface area contributed by atoms with E-state index in [0.717, 1.165) is 0 Å². The maximum Gasteiger partial charge on any atom is 0.0616 e. The Morgan fingerprint density at radius 2 is 2.40 bits per heavy atom. The first-order chi connectivity index (χ1) is 4.81. The van der Waals surface area contributed by atoms with Gasteiger partial charge in [0.15, 0.2) is 0 Å². The van der Waals surface area contributed by atoms with Crippen molar-refractivity contribution in [1.82, 2.24) is 5.06 Å².